The van der Waals surface area contributed by atoms with Gasteiger partial charge in [-0.25, -0.2) is 0 Å². The summed E-state index contributed by atoms with van der Waals surface area (Å²) in [6.07, 6.45) is 1.35. The molecule has 1 aromatic carbocycles. The molecule has 0 aliphatic carbocycles. The molecule has 0 bridgehead atoms. The summed E-state index contributed by atoms with van der Waals surface area (Å²) in [5, 5.41) is 19.9. The van der Waals surface area contributed by atoms with Crippen molar-refractivity contribution in [3.63, 3.8) is 0 Å². The van der Waals surface area contributed by atoms with E-state index in [-0.39, 0.29) is 16.2 Å². The van der Waals surface area contributed by atoms with Gasteiger partial charge >= 0.3 is 0 Å². The Morgan fingerprint density at radius 2 is 2.32 bits per heavy atom. The minimum atomic E-state index is -0.408. The summed E-state index contributed by atoms with van der Waals surface area (Å²) in [5.41, 5.74) is 0.309. The highest BCUT2D eigenvalue weighted by atomic mass is 79.9. The Morgan fingerprint density at radius 1 is 1.58 bits per heavy atom. The molecule has 0 radical (unpaired) electrons. The van der Waals surface area contributed by atoms with Gasteiger partial charge in [-0.1, -0.05) is 15.9 Å². The molecule has 1 aromatic heterocycles. The molecule has 0 aliphatic rings. The van der Waals surface area contributed by atoms with Crippen LogP contribution in [-0.2, 0) is 0 Å². The number of nitrogens with zero attached hydrogens (tertiary/aromatic N) is 3. The fraction of sp³-hybridized carbons (Fsp3) is 0.0909. The maximum absolute atomic E-state index is 11.8. The summed E-state index contributed by atoms with van der Waals surface area (Å²) in [6, 6.07) is 4.89. The van der Waals surface area contributed by atoms with Crippen molar-refractivity contribution in [2.24, 2.45) is 5.10 Å². The van der Waals surface area contributed by atoms with E-state index in [1.807, 2.05) is 0 Å². The zero-order chi connectivity index (χ0) is 14.0. The maximum atomic E-state index is 11.8. The molecular weight excluding hydrogens is 332 g/mol. The summed E-state index contributed by atoms with van der Waals surface area (Å²) in [5.74, 6) is 0.0562. The van der Waals surface area contributed by atoms with Gasteiger partial charge in [0, 0.05) is 10.0 Å². The van der Waals surface area contributed by atoms with E-state index in [0.717, 1.165) is 9.15 Å². The summed E-state index contributed by atoms with van der Waals surface area (Å²) in [6.45, 7) is 1.55. The molecule has 2 rings (SSSR count). The molecule has 1 heterocycles. The molecule has 0 spiro atoms. The van der Waals surface area contributed by atoms with Crippen molar-refractivity contribution in [2.75, 3.05) is 0 Å². The number of hydrogen-bond donors (Lipinski definition) is 2. The Bertz CT molecular complexity index is 766. The standard InChI is InChI=1S/C11H9BrN4O2S/c1-6-10(18)16(11(19)15-14-6)13-5-7-4-8(12)2-3-9(7)17/h2-5,17H,1H3,(H,15,19)/b13-5-. The third-order valence-corrected chi connectivity index (χ3v) is 3.07. The van der Waals surface area contributed by atoms with E-state index < -0.39 is 5.56 Å². The second kappa shape index (κ2) is 5.45. The lowest BCUT2D eigenvalue weighted by Crippen LogP contribution is -2.22. The van der Waals surface area contributed by atoms with E-state index in [2.05, 4.69) is 31.2 Å². The van der Waals surface area contributed by atoms with Gasteiger partial charge in [-0.2, -0.15) is 14.9 Å². The topological polar surface area (TPSA) is 83.3 Å². The fourth-order valence-electron chi connectivity index (χ4n) is 1.33. The Kier molecular flexibility index (Phi) is 3.91. The SMILES string of the molecule is Cc1n[nH]c(=S)n(/N=C\c2cc(Br)ccc2O)c1=O. The van der Waals surface area contributed by atoms with Gasteiger partial charge in [-0.3, -0.25) is 9.89 Å². The smallest absolute Gasteiger partial charge is 0.296 e. The van der Waals surface area contributed by atoms with Gasteiger partial charge in [-0.15, -0.1) is 0 Å². The predicted octanol–water partition coefficient (Wildman–Crippen LogP) is 1.96. The van der Waals surface area contributed by atoms with Crippen LogP contribution < -0.4 is 5.56 Å². The molecule has 0 unspecified atom stereocenters. The summed E-state index contributed by atoms with van der Waals surface area (Å²) in [4.78, 5) is 11.8. The lowest BCUT2D eigenvalue weighted by molar-refractivity contribution is 0.474. The number of aromatic amines is 1. The highest BCUT2D eigenvalue weighted by molar-refractivity contribution is 9.10. The third kappa shape index (κ3) is 2.96. The number of hydrogen-bond acceptors (Lipinski definition) is 5. The van der Waals surface area contributed by atoms with Crippen LogP contribution in [0.25, 0.3) is 0 Å². The monoisotopic (exact) mass is 340 g/mol. The number of aromatic hydroxyl groups is 1. The zero-order valence-electron chi connectivity index (χ0n) is 9.79. The van der Waals surface area contributed by atoms with Gasteiger partial charge in [0.05, 0.1) is 6.21 Å². The van der Waals surface area contributed by atoms with Crippen molar-refractivity contribution in [3.05, 3.63) is 49.1 Å². The number of halogens is 1. The number of rotatable bonds is 2. The number of phenols is 1. The summed E-state index contributed by atoms with van der Waals surface area (Å²) < 4.78 is 1.88. The van der Waals surface area contributed by atoms with Crippen molar-refractivity contribution in [1.29, 1.82) is 0 Å². The molecule has 0 amide bonds. The predicted molar refractivity (Wildman–Crippen MR) is 77.2 cm³/mol. The van der Waals surface area contributed by atoms with Crippen LogP contribution >= 0.6 is 28.1 Å². The van der Waals surface area contributed by atoms with Crippen molar-refractivity contribution >= 4 is 34.4 Å². The quantitative estimate of drug-likeness (QED) is 0.646. The molecule has 0 saturated carbocycles. The number of H-pyrrole nitrogens is 1. The van der Waals surface area contributed by atoms with E-state index in [4.69, 9.17) is 12.2 Å². The molecule has 0 saturated heterocycles. The second-order valence-electron chi connectivity index (χ2n) is 3.68. The van der Waals surface area contributed by atoms with Crippen molar-refractivity contribution < 1.29 is 5.11 Å². The first-order valence-electron chi connectivity index (χ1n) is 5.20. The van der Waals surface area contributed by atoms with Crippen molar-refractivity contribution in [2.45, 2.75) is 6.92 Å². The Morgan fingerprint density at radius 3 is 3.05 bits per heavy atom. The number of aromatic nitrogens is 3. The Labute approximate surface area is 121 Å². The first kappa shape index (κ1) is 13.6. The van der Waals surface area contributed by atoms with E-state index in [1.54, 1.807) is 19.1 Å². The molecule has 2 N–H and O–H groups in total. The minimum absolute atomic E-state index is 0.0562. The van der Waals surface area contributed by atoms with E-state index >= 15 is 0 Å². The lowest BCUT2D eigenvalue weighted by atomic mass is 10.2. The highest BCUT2D eigenvalue weighted by Crippen LogP contribution is 2.19. The average molecular weight is 341 g/mol. The molecule has 0 atom stereocenters. The van der Waals surface area contributed by atoms with Crippen LogP contribution in [0.5, 0.6) is 5.75 Å². The number of aryl methyl sites for hydroxylation is 1. The molecule has 6 nitrogen and oxygen atoms in total. The molecule has 98 valence electrons. The summed E-state index contributed by atoms with van der Waals surface area (Å²) in [7, 11) is 0. The Hall–Kier alpha value is -1.80. The van der Waals surface area contributed by atoms with Gasteiger partial charge in [-0.05, 0) is 37.3 Å². The lowest BCUT2D eigenvalue weighted by Gasteiger charge is -2.01. The Balaban J connectivity index is 2.50. The number of nitrogens with one attached hydrogen (secondary N) is 1. The third-order valence-electron chi connectivity index (χ3n) is 2.32. The molecule has 19 heavy (non-hydrogen) atoms. The molecule has 8 heteroatoms. The number of benzene rings is 1. The number of phenolic OH excluding ortho intramolecular Hbond substituents is 1. The van der Waals surface area contributed by atoms with Crippen LogP contribution in [0.4, 0.5) is 0 Å². The van der Waals surface area contributed by atoms with Crippen LogP contribution in [-0.4, -0.2) is 26.2 Å². The maximum Gasteiger partial charge on any atom is 0.296 e. The van der Waals surface area contributed by atoms with Gasteiger partial charge in [0.1, 0.15) is 11.4 Å². The second-order valence-corrected chi connectivity index (χ2v) is 4.98. The van der Waals surface area contributed by atoms with Crippen LogP contribution in [0, 0.1) is 11.7 Å². The van der Waals surface area contributed by atoms with E-state index in [0.29, 0.717) is 5.56 Å². The minimum Gasteiger partial charge on any atom is -0.507 e. The van der Waals surface area contributed by atoms with Gasteiger partial charge in [0.2, 0.25) is 4.77 Å². The van der Waals surface area contributed by atoms with Gasteiger partial charge in [0.25, 0.3) is 5.56 Å². The van der Waals surface area contributed by atoms with Crippen molar-refractivity contribution in [3.8, 4) is 5.75 Å². The van der Waals surface area contributed by atoms with E-state index in [1.165, 1.54) is 12.3 Å². The normalized spacial score (nSPS) is 11.1. The summed E-state index contributed by atoms with van der Waals surface area (Å²) >= 11 is 8.22. The van der Waals surface area contributed by atoms with Gasteiger partial charge < -0.3 is 5.11 Å². The van der Waals surface area contributed by atoms with Crippen LogP contribution in [0.2, 0.25) is 0 Å². The molecule has 0 fully saturated rings. The van der Waals surface area contributed by atoms with E-state index in [9.17, 15) is 9.90 Å². The van der Waals surface area contributed by atoms with Gasteiger partial charge in [0.15, 0.2) is 0 Å². The van der Waals surface area contributed by atoms with Crippen LogP contribution in [0.15, 0.2) is 32.6 Å². The van der Waals surface area contributed by atoms with Crippen molar-refractivity contribution in [1.82, 2.24) is 14.9 Å². The average Bonchev–Trinajstić information content (AvgIpc) is 2.38. The first-order valence-corrected chi connectivity index (χ1v) is 6.40. The molecular formula is C11H9BrN4O2S. The first-order chi connectivity index (χ1) is 8.99. The van der Waals surface area contributed by atoms with Crippen LogP contribution in [0.3, 0.4) is 0 Å². The fourth-order valence-corrected chi connectivity index (χ4v) is 1.88. The molecule has 0 aliphatic heterocycles. The highest BCUT2D eigenvalue weighted by Gasteiger charge is 2.02. The van der Waals surface area contributed by atoms with Crippen LogP contribution in [0.1, 0.15) is 11.3 Å². The largest absolute Gasteiger partial charge is 0.507 e. The molecule has 2 aromatic rings. The zero-order valence-corrected chi connectivity index (χ0v) is 12.2.